The van der Waals surface area contributed by atoms with E-state index in [1.54, 1.807) is 0 Å². The second kappa shape index (κ2) is 7.31. The fourth-order valence-corrected chi connectivity index (χ4v) is 3.54. The molecule has 4 unspecified atom stereocenters. The summed E-state index contributed by atoms with van der Waals surface area (Å²) in [6.45, 7) is 1.19. The number of hydrogen-bond donors (Lipinski definition) is 4. The zero-order chi connectivity index (χ0) is 18.4. The Morgan fingerprint density at radius 1 is 1.04 bits per heavy atom. The largest absolute Gasteiger partial charge is 0.393 e. The monoisotopic (exact) mass is 366 g/mol. The van der Waals surface area contributed by atoms with Crippen molar-refractivity contribution in [1.82, 2.24) is 0 Å². The second-order valence-electron chi connectivity index (χ2n) is 6.76. The lowest BCUT2D eigenvalue weighted by molar-refractivity contribution is -0.362. The molecule has 0 radical (unpaired) electrons. The van der Waals surface area contributed by atoms with Crippen molar-refractivity contribution in [1.29, 1.82) is 0 Å². The van der Waals surface area contributed by atoms with Crippen molar-refractivity contribution in [2.45, 2.75) is 67.8 Å². The van der Waals surface area contributed by atoms with E-state index in [0.717, 1.165) is 0 Å². The smallest absolute Gasteiger partial charge is 0.187 e. The molecule has 2 bridgehead atoms. The third kappa shape index (κ3) is 3.21. The number of aliphatic hydroxyl groups is 4. The normalized spacial score (nSPS) is 53.2. The predicted molar refractivity (Wildman–Crippen MR) is 79.5 cm³/mol. The van der Waals surface area contributed by atoms with E-state index in [2.05, 4.69) is 0 Å². The molecule has 0 amide bonds. The molecule has 4 N–H and O–H groups in total. The first kappa shape index (κ1) is 19.4. The lowest BCUT2D eigenvalue weighted by atomic mass is 9.88. The zero-order valence-electron chi connectivity index (χ0n) is 14.3. The molecule has 0 spiro atoms. The summed E-state index contributed by atoms with van der Waals surface area (Å²) in [6, 6.07) is 0. The summed E-state index contributed by atoms with van der Waals surface area (Å²) in [5.41, 5.74) is -1.38. The molecule has 3 aliphatic heterocycles. The Morgan fingerprint density at radius 3 is 2.36 bits per heavy atom. The van der Waals surface area contributed by atoms with Crippen molar-refractivity contribution < 1.29 is 48.8 Å². The van der Waals surface area contributed by atoms with E-state index < -0.39 is 67.5 Å². The summed E-state index contributed by atoms with van der Waals surface area (Å²) in [5, 5.41) is 40.5. The molecule has 3 fully saturated rings. The van der Waals surface area contributed by atoms with Crippen LogP contribution in [0.3, 0.4) is 0 Å². The average molecular weight is 366 g/mol. The maximum absolute atomic E-state index is 10.4. The van der Waals surface area contributed by atoms with Crippen LogP contribution < -0.4 is 0 Å². The van der Waals surface area contributed by atoms with Gasteiger partial charge in [-0.15, -0.1) is 0 Å². The second-order valence-corrected chi connectivity index (χ2v) is 6.76. The summed E-state index contributed by atoms with van der Waals surface area (Å²) < 4.78 is 32.8. The Hall–Kier alpha value is -0.400. The summed E-state index contributed by atoms with van der Waals surface area (Å²) in [6.07, 6.45) is -8.62. The number of hydrogen-bond acceptors (Lipinski definition) is 10. The van der Waals surface area contributed by atoms with Crippen LogP contribution in [0.1, 0.15) is 6.92 Å². The standard InChI is InChI=1S/C15H26O10/c1-15(5-16)12(19)11(20-2)8(18)14(25-15)24-9-6-4-22-10(9)7(17)13(21-3)23-6/h6-14,16-19H,4-5H2,1-3H3/t6?,7?,8?,9-,10-,11+,12+,13-,14+,15?/m0/s1. The van der Waals surface area contributed by atoms with E-state index >= 15 is 0 Å². The van der Waals surface area contributed by atoms with Crippen LogP contribution in [-0.2, 0) is 28.4 Å². The molecule has 3 aliphatic rings. The van der Waals surface area contributed by atoms with Crippen LogP contribution in [0, 0.1) is 0 Å². The quantitative estimate of drug-likeness (QED) is 0.408. The Balaban J connectivity index is 1.76. The Morgan fingerprint density at radius 2 is 1.76 bits per heavy atom. The van der Waals surface area contributed by atoms with Gasteiger partial charge in [0.2, 0.25) is 0 Å². The average Bonchev–Trinajstić information content (AvgIpc) is 2.91. The molecule has 0 aromatic heterocycles. The number of rotatable bonds is 5. The summed E-state index contributed by atoms with van der Waals surface area (Å²) in [4.78, 5) is 0. The van der Waals surface area contributed by atoms with E-state index in [9.17, 15) is 20.4 Å². The van der Waals surface area contributed by atoms with Crippen LogP contribution in [0.2, 0.25) is 0 Å². The van der Waals surface area contributed by atoms with E-state index in [4.69, 9.17) is 28.4 Å². The van der Waals surface area contributed by atoms with Gasteiger partial charge in [0.25, 0.3) is 0 Å². The summed E-state index contributed by atoms with van der Waals surface area (Å²) in [5.74, 6) is 0. The molecule has 3 saturated heterocycles. The molecule has 146 valence electrons. The fourth-order valence-electron chi connectivity index (χ4n) is 3.54. The summed E-state index contributed by atoms with van der Waals surface area (Å²) >= 11 is 0. The minimum absolute atomic E-state index is 0.197. The van der Waals surface area contributed by atoms with Crippen molar-refractivity contribution in [3.63, 3.8) is 0 Å². The Kier molecular flexibility index (Phi) is 5.66. The van der Waals surface area contributed by atoms with Gasteiger partial charge < -0.3 is 48.8 Å². The molecule has 10 atom stereocenters. The van der Waals surface area contributed by atoms with E-state index in [0.29, 0.717) is 0 Å². The maximum Gasteiger partial charge on any atom is 0.187 e. The van der Waals surface area contributed by atoms with Crippen LogP contribution in [0.4, 0.5) is 0 Å². The highest BCUT2D eigenvalue weighted by Crippen LogP contribution is 2.37. The molecule has 0 aliphatic carbocycles. The van der Waals surface area contributed by atoms with Gasteiger partial charge in [-0.2, -0.15) is 0 Å². The van der Waals surface area contributed by atoms with Gasteiger partial charge >= 0.3 is 0 Å². The van der Waals surface area contributed by atoms with E-state index in [1.165, 1.54) is 21.1 Å². The van der Waals surface area contributed by atoms with E-state index in [-0.39, 0.29) is 6.61 Å². The van der Waals surface area contributed by atoms with Gasteiger partial charge in [-0.3, -0.25) is 0 Å². The molecule has 25 heavy (non-hydrogen) atoms. The van der Waals surface area contributed by atoms with Gasteiger partial charge in [-0.25, -0.2) is 0 Å². The van der Waals surface area contributed by atoms with Gasteiger partial charge in [-0.05, 0) is 6.92 Å². The van der Waals surface area contributed by atoms with Crippen LogP contribution in [0.25, 0.3) is 0 Å². The first-order valence-corrected chi connectivity index (χ1v) is 8.17. The molecule has 3 heterocycles. The van der Waals surface area contributed by atoms with Crippen LogP contribution in [0.15, 0.2) is 0 Å². The highest BCUT2D eigenvalue weighted by atomic mass is 16.8. The topological polar surface area (TPSA) is 136 Å². The molecule has 10 nitrogen and oxygen atoms in total. The van der Waals surface area contributed by atoms with Gasteiger partial charge in [0, 0.05) is 14.2 Å². The minimum atomic E-state index is -1.38. The van der Waals surface area contributed by atoms with E-state index in [1.807, 2.05) is 0 Å². The minimum Gasteiger partial charge on any atom is -0.393 e. The van der Waals surface area contributed by atoms with Crippen LogP contribution in [0.5, 0.6) is 0 Å². The van der Waals surface area contributed by atoms with Gasteiger partial charge in [0.15, 0.2) is 12.6 Å². The molecular formula is C15H26O10. The molecule has 3 rings (SSSR count). The molecule has 0 aromatic rings. The Bertz CT molecular complexity index is 464. The van der Waals surface area contributed by atoms with Crippen LogP contribution in [-0.4, -0.2) is 109 Å². The number of fused-ring (bicyclic) bond motifs is 2. The highest BCUT2D eigenvalue weighted by Gasteiger charge is 2.57. The van der Waals surface area contributed by atoms with Gasteiger partial charge in [-0.1, -0.05) is 0 Å². The number of aliphatic hydroxyl groups excluding tert-OH is 4. The lowest BCUT2D eigenvalue weighted by Crippen LogP contribution is -2.67. The first-order chi connectivity index (χ1) is 11.9. The first-order valence-electron chi connectivity index (χ1n) is 8.17. The van der Waals surface area contributed by atoms with Crippen molar-refractivity contribution in [3.8, 4) is 0 Å². The highest BCUT2D eigenvalue weighted by molar-refractivity contribution is 5.01. The van der Waals surface area contributed by atoms with Gasteiger partial charge in [0.05, 0.1) is 13.2 Å². The van der Waals surface area contributed by atoms with Crippen molar-refractivity contribution >= 4 is 0 Å². The third-order valence-electron chi connectivity index (χ3n) is 5.11. The molecule has 0 aromatic carbocycles. The lowest BCUT2D eigenvalue weighted by Gasteiger charge is -2.48. The van der Waals surface area contributed by atoms with Crippen LogP contribution >= 0.6 is 0 Å². The molecule has 10 heteroatoms. The van der Waals surface area contributed by atoms with Crippen molar-refractivity contribution in [2.24, 2.45) is 0 Å². The third-order valence-corrected chi connectivity index (χ3v) is 5.11. The maximum atomic E-state index is 10.4. The predicted octanol–water partition coefficient (Wildman–Crippen LogP) is -2.65. The number of ether oxygens (including phenoxy) is 6. The fraction of sp³-hybridized carbons (Fsp3) is 1.00. The zero-order valence-corrected chi connectivity index (χ0v) is 14.3. The Labute approximate surface area is 145 Å². The van der Waals surface area contributed by atoms with Crippen molar-refractivity contribution in [3.05, 3.63) is 0 Å². The van der Waals surface area contributed by atoms with Gasteiger partial charge in [0.1, 0.15) is 48.3 Å². The SMILES string of the molecule is CO[C@H]1OC2CO[C@@H](C1O)[C@H]2O[C@@H]1OC(C)(CO)[C@H](O)[C@H](OC)C1O. The summed E-state index contributed by atoms with van der Waals surface area (Å²) in [7, 11) is 2.75. The van der Waals surface area contributed by atoms with Crippen molar-refractivity contribution in [2.75, 3.05) is 27.4 Å². The number of methoxy groups -OCH3 is 2. The molecular weight excluding hydrogens is 340 g/mol. The molecule has 0 saturated carbocycles.